The zero-order valence-electron chi connectivity index (χ0n) is 14.1. The zero-order valence-corrected chi connectivity index (χ0v) is 14.1. The van der Waals surface area contributed by atoms with Crippen molar-refractivity contribution in [2.45, 2.75) is 19.6 Å². The highest BCUT2D eigenvalue weighted by Gasteiger charge is 2.18. The molecule has 0 saturated heterocycles. The van der Waals surface area contributed by atoms with Gasteiger partial charge in [0, 0.05) is 19.7 Å². The summed E-state index contributed by atoms with van der Waals surface area (Å²) in [4.78, 5) is 14.4. The average molecular weight is 313 g/mol. The Hall–Kier alpha value is -2.33. The number of carbonyl (C=O) groups excluding carboxylic acids is 1. The lowest BCUT2D eigenvalue weighted by Crippen LogP contribution is -2.29. The first-order valence-electron chi connectivity index (χ1n) is 7.55. The maximum atomic E-state index is 12.6. The molecule has 1 amide bonds. The largest absolute Gasteiger partial charge is 0.497 e. The van der Waals surface area contributed by atoms with Crippen LogP contribution in [0.2, 0.25) is 0 Å². The van der Waals surface area contributed by atoms with Crippen molar-refractivity contribution in [3.8, 4) is 5.75 Å². The monoisotopic (exact) mass is 313 g/mol. The second-order valence-electron chi connectivity index (χ2n) is 5.50. The molecule has 4 heteroatoms. The molecule has 23 heavy (non-hydrogen) atoms. The zero-order chi connectivity index (χ0) is 16.8. The standard InChI is InChI=1S/C19H23NO3/c1-14(16-9-11-18(23-4)12-10-16)20(2)19(21)17-7-5-15(6-8-17)13-22-3/h5-12,14H,13H2,1-4H3. The van der Waals surface area contributed by atoms with Crippen molar-refractivity contribution in [1.82, 2.24) is 4.90 Å². The summed E-state index contributed by atoms with van der Waals surface area (Å²) in [7, 11) is 5.12. The molecule has 0 aliphatic heterocycles. The van der Waals surface area contributed by atoms with Gasteiger partial charge < -0.3 is 14.4 Å². The van der Waals surface area contributed by atoms with Gasteiger partial charge in [-0.3, -0.25) is 4.79 Å². The van der Waals surface area contributed by atoms with Crippen molar-refractivity contribution >= 4 is 5.91 Å². The van der Waals surface area contributed by atoms with Crippen molar-refractivity contribution in [3.63, 3.8) is 0 Å². The van der Waals surface area contributed by atoms with Crippen molar-refractivity contribution < 1.29 is 14.3 Å². The predicted octanol–water partition coefficient (Wildman–Crippen LogP) is 3.67. The Labute approximate surface area is 137 Å². The molecular weight excluding hydrogens is 290 g/mol. The van der Waals surface area contributed by atoms with Gasteiger partial charge in [0.1, 0.15) is 5.75 Å². The van der Waals surface area contributed by atoms with Gasteiger partial charge in [0.05, 0.1) is 19.8 Å². The van der Waals surface area contributed by atoms with E-state index in [2.05, 4.69) is 0 Å². The molecule has 2 aromatic carbocycles. The van der Waals surface area contributed by atoms with Crippen LogP contribution in [0.3, 0.4) is 0 Å². The smallest absolute Gasteiger partial charge is 0.254 e. The van der Waals surface area contributed by atoms with Gasteiger partial charge in [0.15, 0.2) is 0 Å². The van der Waals surface area contributed by atoms with Gasteiger partial charge >= 0.3 is 0 Å². The Morgan fingerprint density at radius 3 is 2.17 bits per heavy atom. The van der Waals surface area contributed by atoms with E-state index in [0.29, 0.717) is 12.2 Å². The third-order valence-electron chi connectivity index (χ3n) is 4.01. The van der Waals surface area contributed by atoms with E-state index >= 15 is 0 Å². The molecule has 0 fully saturated rings. The second kappa shape index (κ2) is 7.79. The van der Waals surface area contributed by atoms with Crippen LogP contribution in [0.25, 0.3) is 0 Å². The van der Waals surface area contributed by atoms with E-state index in [9.17, 15) is 4.79 Å². The van der Waals surface area contributed by atoms with E-state index in [1.165, 1.54) is 0 Å². The lowest BCUT2D eigenvalue weighted by molar-refractivity contribution is 0.0742. The first kappa shape index (κ1) is 17.0. The van der Waals surface area contributed by atoms with Gasteiger partial charge in [-0.15, -0.1) is 0 Å². The molecular formula is C19H23NO3. The molecule has 0 bridgehead atoms. The molecule has 122 valence electrons. The van der Waals surface area contributed by atoms with Crippen LogP contribution in [0.1, 0.15) is 34.5 Å². The summed E-state index contributed by atoms with van der Waals surface area (Å²) in [6.45, 7) is 2.56. The summed E-state index contributed by atoms with van der Waals surface area (Å²) in [5.74, 6) is 0.806. The molecule has 0 saturated carbocycles. The molecule has 2 aromatic rings. The minimum absolute atomic E-state index is 0.00251. The maximum absolute atomic E-state index is 12.6. The van der Waals surface area contributed by atoms with Crippen LogP contribution in [0, 0.1) is 0 Å². The van der Waals surface area contributed by atoms with E-state index in [4.69, 9.17) is 9.47 Å². The molecule has 4 nitrogen and oxygen atoms in total. The summed E-state index contributed by atoms with van der Waals surface area (Å²) in [5.41, 5.74) is 2.79. The average Bonchev–Trinajstić information content (AvgIpc) is 2.61. The van der Waals surface area contributed by atoms with E-state index in [0.717, 1.165) is 16.9 Å². The number of hydrogen-bond donors (Lipinski definition) is 0. The highest BCUT2D eigenvalue weighted by molar-refractivity contribution is 5.94. The summed E-state index contributed by atoms with van der Waals surface area (Å²) >= 11 is 0. The Morgan fingerprint density at radius 2 is 1.65 bits per heavy atom. The topological polar surface area (TPSA) is 38.8 Å². The van der Waals surface area contributed by atoms with Gasteiger partial charge in [-0.25, -0.2) is 0 Å². The van der Waals surface area contributed by atoms with Gasteiger partial charge in [-0.1, -0.05) is 24.3 Å². The number of amides is 1. The SMILES string of the molecule is COCc1ccc(C(=O)N(C)C(C)c2ccc(OC)cc2)cc1. The van der Waals surface area contributed by atoms with Crippen LogP contribution in [0.5, 0.6) is 5.75 Å². The number of carbonyl (C=O) groups is 1. The van der Waals surface area contributed by atoms with Crippen molar-refractivity contribution in [1.29, 1.82) is 0 Å². The van der Waals surface area contributed by atoms with Crippen molar-refractivity contribution in [3.05, 3.63) is 65.2 Å². The molecule has 0 aromatic heterocycles. The van der Waals surface area contributed by atoms with Crippen LogP contribution in [-0.4, -0.2) is 32.1 Å². The normalized spacial score (nSPS) is 11.8. The van der Waals surface area contributed by atoms with Crippen molar-refractivity contribution in [2.75, 3.05) is 21.3 Å². The van der Waals surface area contributed by atoms with Gasteiger partial charge in [0.25, 0.3) is 5.91 Å². The van der Waals surface area contributed by atoms with Gasteiger partial charge in [-0.2, -0.15) is 0 Å². The van der Waals surface area contributed by atoms with Crippen molar-refractivity contribution in [2.24, 2.45) is 0 Å². The number of methoxy groups -OCH3 is 2. The minimum atomic E-state index is -0.0212. The third kappa shape index (κ3) is 4.11. The quantitative estimate of drug-likeness (QED) is 0.816. The Bertz CT molecular complexity index is 635. The highest BCUT2D eigenvalue weighted by Crippen LogP contribution is 2.23. The number of rotatable bonds is 6. The van der Waals surface area contributed by atoms with Crippen LogP contribution < -0.4 is 4.74 Å². The Morgan fingerprint density at radius 1 is 1.04 bits per heavy atom. The molecule has 0 spiro atoms. The summed E-state index contributed by atoms with van der Waals surface area (Å²) in [6.07, 6.45) is 0. The van der Waals surface area contributed by atoms with Crippen LogP contribution in [-0.2, 0) is 11.3 Å². The first-order chi connectivity index (χ1) is 11.1. The lowest BCUT2D eigenvalue weighted by Gasteiger charge is -2.25. The van der Waals surface area contributed by atoms with Gasteiger partial charge in [-0.05, 0) is 42.3 Å². The van der Waals surface area contributed by atoms with Crippen LogP contribution in [0.4, 0.5) is 0 Å². The fourth-order valence-electron chi connectivity index (χ4n) is 2.40. The summed E-state index contributed by atoms with van der Waals surface area (Å²) < 4.78 is 10.3. The summed E-state index contributed by atoms with van der Waals surface area (Å²) in [6, 6.07) is 15.3. The molecule has 0 radical (unpaired) electrons. The van der Waals surface area contributed by atoms with E-state index in [-0.39, 0.29) is 11.9 Å². The van der Waals surface area contributed by atoms with Gasteiger partial charge in [0.2, 0.25) is 0 Å². The molecule has 1 atom stereocenters. The Balaban J connectivity index is 2.10. The maximum Gasteiger partial charge on any atom is 0.254 e. The number of benzene rings is 2. The van der Waals surface area contributed by atoms with E-state index in [1.54, 1.807) is 19.1 Å². The minimum Gasteiger partial charge on any atom is -0.497 e. The predicted molar refractivity (Wildman–Crippen MR) is 90.7 cm³/mol. The number of hydrogen-bond acceptors (Lipinski definition) is 3. The van der Waals surface area contributed by atoms with E-state index < -0.39 is 0 Å². The fourth-order valence-corrected chi connectivity index (χ4v) is 2.40. The molecule has 0 aliphatic rings. The third-order valence-corrected chi connectivity index (χ3v) is 4.01. The Kier molecular flexibility index (Phi) is 5.77. The molecule has 0 heterocycles. The first-order valence-corrected chi connectivity index (χ1v) is 7.55. The molecule has 0 N–H and O–H groups in total. The molecule has 0 aliphatic carbocycles. The number of nitrogens with zero attached hydrogens (tertiary/aromatic N) is 1. The van der Waals surface area contributed by atoms with E-state index in [1.807, 2.05) is 62.5 Å². The second-order valence-corrected chi connectivity index (χ2v) is 5.50. The van der Waals surface area contributed by atoms with Crippen LogP contribution >= 0.6 is 0 Å². The van der Waals surface area contributed by atoms with Crippen LogP contribution in [0.15, 0.2) is 48.5 Å². The lowest BCUT2D eigenvalue weighted by atomic mass is 10.1. The molecule has 1 unspecified atom stereocenters. The molecule has 2 rings (SSSR count). The summed E-state index contributed by atoms with van der Waals surface area (Å²) in [5, 5.41) is 0. The fraction of sp³-hybridized carbons (Fsp3) is 0.316. The number of ether oxygens (including phenoxy) is 2. The highest BCUT2D eigenvalue weighted by atomic mass is 16.5.